The Morgan fingerprint density at radius 1 is 1.58 bits per heavy atom. The molecule has 5 nitrogen and oxygen atoms in total. The number of carbonyl (C=O) groups is 1. The van der Waals surface area contributed by atoms with Crippen molar-refractivity contribution in [2.24, 2.45) is 11.7 Å². The Morgan fingerprint density at radius 3 is 2.89 bits per heavy atom. The average Bonchev–Trinajstić information content (AvgIpc) is 3.00. The largest absolute Gasteiger partial charge is 0.468 e. The zero-order valence-corrected chi connectivity index (χ0v) is 11.4. The van der Waals surface area contributed by atoms with Crippen molar-refractivity contribution >= 4 is 5.91 Å². The smallest absolute Gasteiger partial charge is 0.227 e. The topological polar surface area (TPSA) is 71.5 Å². The fourth-order valence-electron chi connectivity index (χ4n) is 2.27. The first-order valence-corrected chi connectivity index (χ1v) is 6.49. The summed E-state index contributed by atoms with van der Waals surface area (Å²) in [5, 5.41) is 2.97. The molecule has 104 valence electrons. The maximum Gasteiger partial charge on any atom is 0.227 e. The quantitative estimate of drug-likeness (QED) is 0.774. The summed E-state index contributed by atoms with van der Waals surface area (Å²) in [6.07, 6.45) is 6.11. The molecule has 1 heterocycles. The first kappa shape index (κ1) is 13.8. The van der Waals surface area contributed by atoms with Gasteiger partial charge in [-0.3, -0.25) is 9.69 Å². The summed E-state index contributed by atoms with van der Waals surface area (Å²) >= 11 is 0. The third kappa shape index (κ3) is 3.45. The molecule has 0 aliphatic heterocycles. The summed E-state index contributed by atoms with van der Waals surface area (Å²) in [5.74, 6) is 0.779. The van der Waals surface area contributed by atoms with Crippen LogP contribution in [0.5, 0.6) is 0 Å². The minimum absolute atomic E-state index is 0.00506. The molecular weight excluding hydrogens is 242 g/mol. The minimum Gasteiger partial charge on any atom is -0.468 e. The number of nitrogens with one attached hydrogen (secondary N) is 1. The predicted molar refractivity (Wildman–Crippen MR) is 73.4 cm³/mol. The van der Waals surface area contributed by atoms with Crippen molar-refractivity contribution in [2.45, 2.75) is 18.5 Å². The number of likely N-dealkylation sites (N-methyl/N-ethyl adjacent to an activating group) is 1. The molecule has 0 aromatic carbocycles. The zero-order valence-electron chi connectivity index (χ0n) is 11.4. The van der Waals surface area contributed by atoms with Gasteiger partial charge in [-0.1, -0.05) is 12.2 Å². The Balaban J connectivity index is 1.89. The van der Waals surface area contributed by atoms with Crippen LogP contribution in [0.1, 0.15) is 18.2 Å². The van der Waals surface area contributed by atoms with Crippen molar-refractivity contribution in [3.05, 3.63) is 36.3 Å². The van der Waals surface area contributed by atoms with E-state index in [-0.39, 0.29) is 23.9 Å². The van der Waals surface area contributed by atoms with Crippen molar-refractivity contribution in [2.75, 3.05) is 20.6 Å². The molecule has 0 radical (unpaired) electrons. The number of nitrogens with zero attached hydrogens (tertiary/aromatic N) is 1. The van der Waals surface area contributed by atoms with E-state index in [4.69, 9.17) is 10.2 Å². The van der Waals surface area contributed by atoms with Gasteiger partial charge in [0.25, 0.3) is 0 Å². The maximum atomic E-state index is 12.0. The second kappa shape index (κ2) is 6.04. The van der Waals surface area contributed by atoms with Crippen molar-refractivity contribution in [3.63, 3.8) is 0 Å². The van der Waals surface area contributed by atoms with E-state index in [2.05, 4.69) is 5.32 Å². The third-order valence-corrected chi connectivity index (χ3v) is 3.42. The second-order valence-electron chi connectivity index (χ2n) is 5.13. The lowest BCUT2D eigenvalue weighted by Crippen LogP contribution is -2.37. The molecule has 2 rings (SSSR count). The Morgan fingerprint density at radius 2 is 2.37 bits per heavy atom. The van der Waals surface area contributed by atoms with Gasteiger partial charge in [-0.2, -0.15) is 0 Å². The highest BCUT2D eigenvalue weighted by molar-refractivity contribution is 5.81. The highest BCUT2D eigenvalue weighted by Gasteiger charge is 2.24. The molecule has 0 spiro atoms. The molecule has 3 unspecified atom stereocenters. The van der Waals surface area contributed by atoms with Gasteiger partial charge < -0.3 is 15.5 Å². The van der Waals surface area contributed by atoms with Gasteiger partial charge in [-0.25, -0.2) is 0 Å². The van der Waals surface area contributed by atoms with Crippen molar-refractivity contribution in [1.82, 2.24) is 10.2 Å². The van der Waals surface area contributed by atoms with Gasteiger partial charge in [0.2, 0.25) is 5.91 Å². The molecule has 5 heteroatoms. The molecule has 0 saturated heterocycles. The lowest BCUT2D eigenvalue weighted by molar-refractivity contribution is -0.123. The number of hydrogen-bond donors (Lipinski definition) is 2. The molecule has 1 aromatic heterocycles. The molecule has 3 N–H and O–H groups in total. The van der Waals surface area contributed by atoms with Gasteiger partial charge >= 0.3 is 0 Å². The number of amides is 1. The normalized spacial score (nSPS) is 23.8. The summed E-state index contributed by atoms with van der Waals surface area (Å²) in [7, 11) is 3.93. The molecule has 19 heavy (non-hydrogen) atoms. The van der Waals surface area contributed by atoms with Crippen LogP contribution in [0.15, 0.2) is 35.0 Å². The number of furan rings is 1. The van der Waals surface area contributed by atoms with Gasteiger partial charge in [0.1, 0.15) is 5.76 Å². The summed E-state index contributed by atoms with van der Waals surface area (Å²) in [5.41, 5.74) is 5.75. The Labute approximate surface area is 113 Å². The molecule has 0 fully saturated rings. The molecule has 0 saturated carbocycles. The summed E-state index contributed by atoms with van der Waals surface area (Å²) < 4.78 is 5.40. The first-order chi connectivity index (χ1) is 9.08. The van der Waals surface area contributed by atoms with Crippen LogP contribution in [0.25, 0.3) is 0 Å². The van der Waals surface area contributed by atoms with Crippen molar-refractivity contribution in [1.29, 1.82) is 0 Å². The monoisotopic (exact) mass is 263 g/mol. The lowest BCUT2D eigenvalue weighted by Gasteiger charge is -2.23. The van der Waals surface area contributed by atoms with Crippen molar-refractivity contribution < 1.29 is 9.21 Å². The van der Waals surface area contributed by atoms with E-state index in [9.17, 15) is 4.79 Å². The SMILES string of the molecule is CN(C)C(CNC(=O)C1C=CC(N)C1)c1ccco1. The lowest BCUT2D eigenvalue weighted by atomic mass is 10.1. The van der Waals surface area contributed by atoms with Gasteiger partial charge in [0.05, 0.1) is 18.2 Å². The zero-order chi connectivity index (χ0) is 13.8. The predicted octanol–water partition coefficient (Wildman–Crippen LogP) is 0.902. The van der Waals surface area contributed by atoms with E-state index in [0.29, 0.717) is 13.0 Å². The summed E-state index contributed by atoms with van der Waals surface area (Å²) in [6, 6.07) is 3.82. The highest BCUT2D eigenvalue weighted by Crippen LogP contribution is 2.19. The number of hydrogen-bond acceptors (Lipinski definition) is 4. The van der Waals surface area contributed by atoms with Crippen molar-refractivity contribution in [3.8, 4) is 0 Å². The van der Waals surface area contributed by atoms with E-state index in [1.165, 1.54) is 0 Å². The van der Waals surface area contributed by atoms with E-state index in [1.807, 2.05) is 43.3 Å². The first-order valence-electron chi connectivity index (χ1n) is 6.49. The van der Waals surface area contributed by atoms with Crippen LogP contribution < -0.4 is 11.1 Å². The van der Waals surface area contributed by atoms with E-state index >= 15 is 0 Å². The van der Waals surface area contributed by atoms with Gasteiger partial charge in [-0.05, 0) is 32.6 Å². The Hall–Kier alpha value is -1.59. The van der Waals surface area contributed by atoms with Gasteiger partial charge in [-0.15, -0.1) is 0 Å². The highest BCUT2D eigenvalue weighted by atomic mass is 16.3. The fourth-order valence-corrected chi connectivity index (χ4v) is 2.27. The maximum absolute atomic E-state index is 12.0. The molecule has 1 amide bonds. The molecular formula is C14H21N3O2. The van der Waals surface area contributed by atoms with Crippen LogP contribution in [-0.2, 0) is 4.79 Å². The minimum atomic E-state index is -0.102. The summed E-state index contributed by atoms with van der Waals surface area (Å²) in [6.45, 7) is 0.527. The fraction of sp³-hybridized carbons (Fsp3) is 0.500. The number of carbonyl (C=O) groups excluding carboxylic acids is 1. The Bertz CT molecular complexity index is 440. The number of rotatable bonds is 5. The van der Waals surface area contributed by atoms with Gasteiger partial charge in [0.15, 0.2) is 0 Å². The molecule has 0 bridgehead atoms. The number of nitrogens with two attached hydrogens (primary N) is 1. The van der Waals surface area contributed by atoms with Crippen LogP contribution >= 0.6 is 0 Å². The molecule has 1 aliphatic carbocycles. The van der Waals surface area contributed by atoms with E-state index in [1.54, 1.807) is 6.26 Å². The summed E-state index contributed by atoms with van der Waals surface area (Å²) in [4.78, 5) is 14.0. The van der Waals surface area contributed by atoms with Crippen LogP contribution in [0.2, 0.25) is 0 Å². The van der Waals surface area contributed by atoms with Crippen LogP contribution in [0.4, 0.5) is 0 Å². The molecule has 1 aliphatic rings. The average molecular weight is 263 g/mol. The molecule has 1 aromatic rings. The second-order valence-corrected chi connectivity index (χ2v) is 5.13. The van der Waals surface area contributed by atoms with Crippen LogP contribution in [-0.4, -0.2) is 37.5 Å². The standard InChI is InChI=1S/C14H21N3O2/c1-17(2)12(13-4-3-7-19-13)9-16-14(18)10-5-6-11(15)8-10/h3-7,10-12H,8-9,15H2,1-2H3,(H,16,18). The van der Waals surface area contributed by atoms with Crippen LogP contribution in [0.3, 0.4) is 0 Å². The van der Waals surface area contributed by atoms with Crippen LogP contribution in [0, 0.1) is 5.92 Å². The third-order valence-electron chi connectivity index (χ3n) is 3.42. The molecule has 3 atom stereocenters. The van der Waals surface area contributed by atoms with E-state index < -0.39 is 0 Å². The van der Waals surface area contributed by atoms with E-state index in [0.717, 1.165) is 5.76 Å². The Kier molecular flexibility index (Phi) is 4.39. The van der Waals surface area contributed by atoms with Gasteiger partial charge in [0, 0.05) is 12.6 Å².